The second-order valence-electron chi connectivity index (χ2n) is 7.97. The van der Waals surface area contributed by atoms with Gasteiger partial charge in [-0.3, -0.25) is 14.9 Å². The number of carboxylic acid groups (broad SMARTS) is 1. The molecule has 2 aromatic heterocycles. The fraction of sp³-hybridized carbons (Fsp3) is 0.0769. The third kappa shape index (κ3) is 4.53. The molecule has 0 bridgehead atoms. The van der Waals surface area contributed by atoms with E-state index in [4.69, 9.17) is 19.0 Å². The van der Waals surface area contributed by atoms with Gasteiger partial charge in [0, 0.05) is 17.0 Å². The highest BCUT2D eigenvalue weighted by Crippen LogP contribution is 2.38. The van der Waals surface area contributed by atoms with Gasteiger partial charge in [0.15, 0.2) is 18.1 Å². The number of hydrogen-bond donors (Lipinski definition) is 1. The lowest BCUT2D eigenvalue weighted by molar-refractivity contribution is -0.385. The number of nitro benzene ring substituents is 1. The van der Waals surface area contributed by atoms with E-state index >= 15 is 0 Å². The Balaban J connectivity index is 1.66. The van der Waals surface area contributed by atoms with Gasteiger partial charge in [0.2, 0.25) is 11.6 Å². The Labute approximate surface area is 213 Å². The summed E-state index contributed by atoms with van der Waals surface area (Å²) in [6, 6.07) is 18.3. The quantitative estimate of drug-likeness (QED) is 0.183. The van der Waals surface area contributed by atoms with Crippen molar-refractivity contribution in [3.63, 3.8) is 0 Å². The van der Waals surface area contributed by atoms with Crippen LogP contribution >= 0.6 is 0 Å². The summed E-state index contributed by atoms with van der Waals surface area (Å²) in [6.07, 6.45) is 1.22. The lowest BCUT2D eigenvalue weighted by atomic mass is 10.2. The Morgan fingerprint density at radius 3 is 2.68 bits per heavy atom. The number of benzene rings is 3. The van der Waals surface area contributed by atoms with Gasteiger partial charge in [-0.1, -0.05) is 30.3 Å². The largest absolute Gasteiger partial charge is 0.493 e. The predicted molar refractivity (Wildman–Crippen MR) is 137 cm³/mol. The van der Waals surface area contributed by atoms with Crippen LogP contribution in [0.4, 0.5) is 5.69 Å². The van der Waals surface area contributed by atoms with Crippen molar-refractivity contribution in [2.75, 3.05) is 13.7 Å². The van der Waals surface area contributed by atoms with Gasteiger partial charge in [0.1, 0.15) is 5.58 Å². The number of carboxylic acids is 1. The van der Waals surface area contributed by atoms with E-state index in [1.807, 2.05) is 18.2 Å². The summed E-state index contributed by atoms with van der Waals surface area (Å²) in [6.45, 7) is -0.802. The van der Waals surface area contributed by atoms with Crippen LogP contribution in [0.3, 0.4) is 0 Å². The molecule has 190 valence electrons. The van der Waals surface area contributed by atoms with E-state index in [-0.39, 0.29) is 22.9 Å². The molecule has 3 aromatic carbocycles. The van der Waals surface area contributed by atoms with Crippen molar-refractivity contribution in [1.82, 2.24) is 9.66 Å². The Bertz CT molecular complexity index is 1770. The molecule has 0 fully saturated rings. The van der Waals surface area contributed by atoms with Crippen LogP contribution < -0.4 is 15.0 Å². The number of furan rings is 1. The molecule has 38 heavy (non-hydrogen) atoms. The van der Waals surface area contributed by atoms with Crippen molar-refractivity contribution in [3.8, 4) is 23.1 Å². The average Bonchev–Trinajstić information content (AvgIpc) is 3.35. The van der Waals surface area contributed by atoms with E-state index in [1.165, 1.54) is 19.4 Å². The molecule has 0 aliphatic heterocycles. The van der Waals surface area contributed by atoms with Crippen LogP contribution in [0.5, 0.6) is 11.5 Å². The van der Waals surface area contributed by atoms with E-state index in [2.05, 4.69) is 10.1 Å². The number of nitrogens with zero attached hydrogens (tertiary/aromatic N) is 4. The highest BCUT2D eigenvalue weighted by atomic mass is 16.6. The Kier molecular flexibility index (Phi) is 6.27. The minimum Gasteiger partial charge on any atom is -0.493 e. The van der Waals surface area contributed by atoms with Crippen molar-refractivity contribution in [1.29, 1.82) is 0 Å². The molecule has 12 heteroatoms. The molecule has 0 radical (unpaired) electrons. The number of para-hydroxylation sites is 2. The number of rotatable bonds is 8. The van der Waals surface area contributed by atoms with Gasteiger partial charge < -0.3 is 19.0 Å². The first kappa shape index (κ1) is 24.2. The van der Waals surface area contributed by atoms with Gasteiger partial charge in [0.05, 0.1) is 29.2 Å². The van der Waals surface area contributed by atoms with Gasteiger partial charge >= 0.3 is 11.7 Å². The number of methoxy groups -OCH3 is 1. The summed E-state index contributed by atoms with van der Waals surface area (Å²) in [5, 5.41) is 26.0. The van der Waals surface area contributed by atoms with Crippen LogP contribution in [-0.2, 0) is 4.79 Å². The van der Waals surface area contributed by atoms with Crippen LogP contribution in [0, 0.1) is 10.1 Å². The molecule has 0 aliphatic carbocycles. The van der Waals surface area contributed by atoms with Crippen LogP contribution in [0.1, 0.15) is 5.56 Å². The van der Waals surface area contributed by atoms with E-state index < -0.39 is 28.7 Å². The van der Waals surface area contributed by atoms with Gasteiger partial charge in [-0.25, -0.2) is 9.78 Å². The topological polar surface area (TPSA) is 159 Å². The van der Waals surface area contributed by atoms with Gasteiger partial charge in [0.25, 0.3) is 5.56 Å². The van der Waals surface area contributed by atoms with Crippen molar-refractivity contribution in [2.45, 2.75) is 0 Å². The predicted octanol–water partition coefficient (Wildman–Crippen LogP) is 4.07. The second-order valence-corrected chi connectivity index (χ2v) is 7.97. The number of fused-ring (bicyclic) bond motifs is 2. The molecule has 5 rings (SSSR count). The van der Waals surface area contributed by atoms with Crippen LogP contribution in [0.15, 0.2) is 81.0 Å². The Morgan fingerprint density at radius 2 is 1.95 bits per heavy atom. The fourth-order valence-corrected chi connectivity index (χ4v) is 3.86. The summed E-state index contributed by atoms with van der Waals surface area (Å²) in [5.41, 5.74) is 0.208. The van der Waals surface area contributed by atoms with Gasteiger partial charge in [-0.05, 0) is 30.3 Å². The number of hydrogen-bond acceptors (Lipinski definition) is 9. The molecule has 5 aromatic rings. The van der Waals surface area contributed by atoms with Crippen molar-refractivity contribution in [2.24, 2.45) is 5.10 Å². The lowest BCUT2D eigenvalue weighted by Crippen LogP contribution is -2.20. The van der Waals surface area contributed by atoms with E-state index in [0.717, 1.165) is 16.1 Å². The minimum absolute atomic E-state index is 0.0802. The first-order valence-electron chi connectivity index (χ1n) is 11.1. The Hall–Kier alpha value is -5.52. The third-order valence-electron chi connectivity index (χ3n) is 5.54. The number of nitro groups is 1. The van der Waals surface area contributed by atoms with E-state index in [1.54, 1.807) is 36.4 Å². The molecule has 0 saturated heterocycles. The summed E-state index contributed by atoms with van der Waals surface area (Å²) >= 11 is 0. The molecule has 0 atom stereocenters. The van der Waals surface area contributed by atoms with Gasteiger partial charge in [-0.2, -0.15) is 9.78 Å². The highest BCUT2D eigenvalue weighted by Gasteiger charge is 2.23. The number of ether oxygens (including phenoxy) is 2. The molecule has 0 saturated carbocycles. The molecule has 0 aliphatic rings. The maximum absolute atomic E-state index is 13.4. The highest BCUT2D eigenvalue weighted by molar-refractivity contribution is 5.86. The van der Waals surface area contributed by atoms with Crippen LogP contribution in [0.25, 0.3) is 33.5 Å². The standard InChI is InChI=1S/C26H18N4O8/c1-36-21-11-15(10-19(30(34)35)24(21)37-14-23(31)32)13-27-29-25(22-12-16-6-2-5-9-20(16)38-22)28-18-8-4-3-7-17(18)26(29)33/h2-13H,14H2,1H3,(H,31,32). The van der Waals surface area contributed by atoms with Crippen LogP contribution in [-0.4, -0.2) is 45.6 Å². The zero-order chi connectivity index (χ0) is 26.8. The summed E-state index contributed by atoms with van der Waals surface area (Å²) in [5.74, 6) is -1.31. The first-order valence-corrected chi connectivity index (χ1v) is 11.1. The lowest BCUT2D eigenvalue weighted by Gasteiger charge is -2.11. The van der Waals surface area contributed by atoms with Crippen molar-refractivity contribution in [3.05, 3.63) is 92.8 Å². The smallest absolute Gasteiger partial charge is 0.341 e. The summed E-state index contributed by atoms with van der Waals surface area (Å²) < 4.78 is 17.3. The molecule has 0 unspecified atom stereocenters. The third-order valence-corrected chi connectivity index (χ3v) is 5.54. The van der Waals surface area contributed by atoms with Crippen molar-refractivity contribution >= 4 is 39.7 Å². The van der Waals surface area contributed by atoms with Gasteiger partial charge in [-0.15, -0.1) is 0 Å². The number of aromatic nitrogens is 2. The SMILES string of the molecule is COc1cc(C=Nn2c(-c3cc4ccccc4o3)nc3ccccc3c2=O)cc([N+](=O)[O-])c1OCC(=O)O. The zero-order valence-electron chi connectivity index (χ0n) is 19.7. The molecule has 0 amide bonds. The maximum atomic E-state index is 13.4. The first-order chi connectivity index (χ1) is 18.4. The number of aliphatic carboxylic acids is 1. The average molecular weight is 514 g/mol. The molecule has 1 N–H and O–H groups in total. The molecular formula is C26H18N4O8. The van der Waals surface area contributed by atoms with E-state index in [9.17, 15) is 19.7 Å². The maximum Gasteiger partial charge on any atom is 0.341 e. The van der Waals surface area contributed by atoms with Crippen molar-refractivity contribution < 1.29 is 28.7 Å². The Morgan fingerprint density at radius 1 is 1.18 bits per heavy atom. The molecule has 12 nitrogen and oxygen atoms in total. The molecular weight excluding hydrogens is 496 g/mol. The second kappa shape index (κ2) is 9.85. The monoisotopic (exact) mass is 514 g/mol. The normalized spacial score (nSPS) is 11.3. The number of carbonyl (C=O) groups is 1. The molecule has 2 heterocycles. The van der Waals surface area contributed by atoms with E-state index in [0.29, 0.717) is 22.2 Å². The summed E-state index contributed by atoms with van der Waals surface area (Å²) in [4.78, 5) is 39.9. The zero-order valence-corrected chi connectivity index (χ0v) is 19.7. The fourth-order valence-electron chi connectivity index (χ4n) is 3.86. The van der Waals surface area contributed by atoms with Crippen LogP contribution in [0.2, 0.25) is 0 Å². The minimum atomic E-state index is -1.31. The summed E-state index contributed by atoms with van der Waals surface area (Å²) in [7, 11) is 1.25. The molecule has 0 spiro atoms.